The van der Waals surface area contributed by atoms with E-state index in [4.69, 9.17) is 4.42 Å². The molecule has 0 aliphatic rings. The van der Waals surface area contributed by atoms with E-state index in [-0.39, 0.29) is 29.5 Å². The van der Waals surface area contributed by atoms with E-state index in [2.05, 4.69) is 60.4 Å². The van der Waals surface area contributed by atoms with Gasteiger partial charge in [-0.15, -0.1) is 24.0 Å². The monoisotopic (exact) mass is 442 g/mol. The molecular weight excluding hydrogens is 415 g/mol. The Kier molecular flexibility index (Phi) is 7.72. The minimum atomic E-state index is -0.0195. The van der Waals surface area contributed by atoms with Crippen LogP contribution in [-0.4, -0.2) is 30.1 Å². The molecule has 5 nitrogen and oxygen atoms in total. The predicted molar refractivity (Wildman–Crippen MR) is 110 cm³/mol. The maximum Gasteiger partial charge on any atom is 0.226 e. The summed E-state index contributed by atoms with van der Waals surface area (Å²) in [5.41, 5.74) is 3.13. The van der Waals surface area contributed by atoms with Crippen LogP contribution < -0.4 is 10.6 Å². The number of halogens is 1. The van der Waals surface area contributed by atoms with Crippen molar-refractivity contribution < 1.29 is 4.42 Å². The van der Waals surface area contributed by atoms with Crippen molar-refractivity contribution in [3.63, 3.8) is 0 Å². The number of oxazole rings is 1. The number of hydrogen-bond acceptors (Lipinski definition) is 3. The van der Waals surface area contributed by atoms with Gasteiger partial charge < -0.3 is 15.1 Å². The molecule has 0 aliphatic heterocycles. The summed E-state index contributed by atoms with van der Waals surface area (Å²) in [7, 11) is 1.77. The largest absolute Gasteiger partial charge is 0.444 e. The van der Waals surface area contributed by atoms with E-state index in [0.29, 0.717) is 5.89 Å². The van der Waals surface area contributed by atoms with Crippen LogP contribution in [0.1, 0.15) is 32.0 Å². The van der Waals surface area contributed by atoms with Crippen LogP contribution in [0, 0.1) is 6.92 Å². The third-order valence-electron chi connectivity index (χ3n) is 3.24. The van der Waals surface area contributed by atoms with Crippen LogP contribution in [0.4, 0.5) is 0 Å². The SMILES string of the molecule is CN=C(NCCc1coc(-c2ccc(C)cc2)n1)NC(C)(C)C.I. The van der Waals surface area contributed by atoms with Gasteiger partial charge in [-0.2, -0.15) is 0 Å². The summed E-state index contributed by atoms with van der Waals surface area (Å²) in [5, 5.41) is 6.61. The summed E-state index contributed by atoms with van der Waals surface area (Å²) >= 11 is 0. The molecule has 2 N–H and O–H groups in total. The number of rotatable bonds is 4. The van der Waals surface area contributed by atoms with Crippen molar-refractivity contribution in [3.8, 4) is 11.5 Å². The zero-order valence-corrected chi connectivity index (χ0v) is 17.3. The van der Waals surface area contributed by atoms with E-state index in [9.17, 15) is 0 Å². The van der Waals surface area contributed by atoms with E-state index in [1.807, 2.05) is 12.1 Å². The number of hydrogen-bond donors (Lipinski definition) is 2. The van der Waals surface area contributed by atoms with Crippen LogP contribution >= 0.6 is 24.0 Å². The third-order valence-corrected chi connectivity index (χ3v) is 3.24. The molecular formula is C18H27IN4O. The lowest BCUT2D eigenvalue weighted by atomic mass is 10.1. The lowest BCUT2D eigenvalue weighted by Crippen LogP contribution is -2.48. The van der Waals surface area contributed by atoms with Crippen LogP contribution in [0.25, 0.3) is 11.5 Å². The average Bonchev–Trinajstić information content (AvgIpc) is 2.94. The molecule has 0 unspecified atom stereocenters. The van der Waals surface area contributed by atoms with Crippen LogP contribution in [-0.2, 0) is 6.42 Å². The minimum absolute atomic E-state index is 0. The number of aromatic nitrogens is 1. The Hall–Kier alpha value is -1.57. The summed E-state index contributed by atoms with van der Waals surface area (Å²) < 4.78 is 5.57. The van der Waals surface area contributed by atoms with Gasteiger partial charge in [-0.05, 0) is 39.8 Å². The Balaban J connectivity index is 0.00000288. The van der Waals surface area contributed by atoms with Gasteiger partial charge in [0, 0.05) is 31.1 Å². The predicted octanol–water partition coefficient (Wildman–Crippen LogP) is 3.77. The first-order valence-electron chi connectivity index (χ1n) is 7.88. The molecule has 0 saturated heterocycles. The number of nitrogens with one attached hydrogen (secondary N) is 2. The molecule has 1 aromatic carbocycles. The van der Waals surface area contributed by atoms with Gasteiger partial charge in [0.1, 0.15) is 6.26 Å². The van der Waals surface area contributed by atoms with Crippen molar-refractivity contribution in [2.24, 2.45) is 4.99 Å². The second-order valence-electron chi connectivity index (χ2n) is 6.63. The highest BCUT2D eigenvalue weighted by Crippen LogP contribution is 2.19. The van der Waals surface area contributed by atoms with E-state index >= 15 is 0 Å². The van der Waals surface area contributed by atoms with Crippen molar-refractivity contribution in [2.45, 2.75) is 39.7 Å². The topological polar surface area (TPSA) is 62.5 Å². The van der Waals surface area contributed by atoms with Crippen molar-refractivity contribution in [2.75, 3.05) is 13.6 Å². The molecule has 0 aliphatic carbocycles. The lowest BCUT2D eigenvalue weighted by Gasteiger charge is -2.23. The molecule has 0 amide bonds. The maximum atomic E-state index is 5.57. The Morgan fingerprint density at radius 3 is 2.46 bits per heavy atom. The molecule has 1 heterocycles. The highest BCUT2D eigenvalue weighted by Gasteiger charge is 2.12. The summed E-state index contributed by atoms with van der Waals surface area (Å²) in [4.78, 5) is 8.76. The first kappa shape index (κ1) is 20.5. The Morgan fingerprint density at radius 1 is 1.21 bits per heavy atom. The van der Waals surface area contributed by atoms with Gasteiger partial charge in [0.2, 0.25) is 5.89 Å². The van der Waals surface area contributed by atoms with Gasteiger partial charge >= 0.3 is 0 Å². The van der Waals surface area contributed by atoms with E-state index in [1.54, 1.807) is 13.3 Å². The molecule has 6 heteroatoms. The lowest BCUT2D eigenvalue weighted by molar-refractivity contribution is 0.501. The number of nitrogens with zero attached hydrogens (tertiary/aromatic N) is 2. The molecule has 0 fully saturated rings. The van der Waals surface area contributed by atoms with Crippen molar-refractivity contribution in [1.29, 1.82) is 0 Å². The smallest absolute Gasteiger partial charge is 0.226 e. The van der Waals surface area contributed by atoms with E-state index in [1.165, 1.54) is 5.56 Å². The normalized spacial score (nSPS) is 11.8. The Labute approximate surface area is 161 Å². The quantitative estimate of drug-likeness (QED) is 0.430. The van der Waals surface area contributed by atoms with Crippen LogP contribution in [0.2, 0.25) is 0 Å². The molecule has 1 aromatic heterocycles. The summed E-state index contributed by atoms with van der Waals surface area (Å²) in [5.74, 6) is 1.46. The van der Waals surface area contributed by atoms with Gasteiger partial charge in [-0.25, -0.2) is 4.98 Å². The van der Waals surface area contributed by atoms with Crippen molar-refractivity contribution >= 4 is 29.9 Å². The molecule has 24 heavy (non-hydrogen) atoms. The van der Waals surface area contributed by atoms with Crippen LogP contribution in [0.5, 0.6) is 0 Å². The van der Waals surface area contributed by atoms with Gasteiger partial charge in [0.05, 0.1) is 5.69 Å². The summed E-state index contributed by atoms with van der Waals surface area (Å²) in [6.07, 6.45) is 2.50. The molecule has 2 aromatic rings. The summed E-state index contributed by atoms with van der Waals surface area (Å²) in [6.45, 7) is 9.12. The molecule has 0 spiro atoms. The number of guanidine groups is 1. The van der Waals surface area contributed by atoms with Gasteiger partial charge in [-0.3, -0.25) is 4.99 Å². The fourth-order valence-electron chi connectivity index (χ4n) is 2.09. The van der Waals surface area contributed by atoms with Gasteiger partial charge in [-0.1, -0.05) is 17.7 Å². The fourth-order valence-corrected chi connectivity index (χ4v) is 2.09. The Morgan fingerprint density at radius 2 is 1.88 bits per heavy atom. The average molecular weight is 442 g/mol. The minimum Gasteiger partial charge on any atom is -0.444 e. The highest BCUT2D eigenvalue weighted by atomic mass is 127. The van der Waals surface area contributed by atoms with Crippen molar-refractivity contribution in [3.05, 3.63) is 41.8 Å². The Bertz CT molecular complexity index is 656. The van der Waals surface area contributed by atoms with E-state index < -0.39 is 0 Å². The second kappa shape index (κ2) is 9.05. The molecule has 0 atom stereocenters. The van der Waals surface area contributed by atoms with Crippen LogP contribution in [0.3, 0.4) is 0 Å². The zero-order chi connectivity index (χ0) is 16.9. The maximum absolute atomic E-state index is 5.57. The number of benzene rings is 1. The van der Waals surface area contributed by atoms with Gasteiger partial charge in [0.15, 0.2) is 5.96 Å². The van der Waals surface area contributed by atoms with Gasteiger partial charge in [0.25, 0.3) is 0 Å². The fraction of sp³-hybridized carbons (Fsp3) is 0.444. The molecule has 132 valence electrons. The third kappa shape index (κ3) is 6.51. The van der Waals surface area contributed by atoms with Crippen LogP contribution in [0.15, 0.2) is 39.9 Å². The molecule has 2 rings (SSSR count). The molecule has 0 saturated carbocycles. The zero-order valence-electron chi connectivity index (χ0n) is 15.0. The standard InChI is InChI=1S/C18H26N4O.HI/c1-13-6-8-14(9-7-13)16-21-15(12-23-16)10-11-20-17(19-5)22-18(2,3)4;/h6-9,12H,10-11H2,1-5H3,(H2,19,20,22);1H. The first-order chi connectivity index (χ1) is 10.9. The first-order valence-corrected chi connectivity index (χ1v) is 7.88. The second-order valence-corrected chi connectivity index (χ2v) is 6.63. The molecule has 0 bridgehead atoms. The number of aliphatic imine (C=N–C) groups is 1. The number of aryl methyl sites for hydroxylation is 1. The summed E-state index contributed by atoms with van der Waals surface area (Å²) in [6, 6.07) is 8.17. The van der Waals surface area contributed by atoms with Crippen molar-refractivity contribution in [1.82, 2.24) is 15.6 Å². The molecule has 0 radical (unpaired) electrons. The van der Waals surface area contributed by atoms with E-state index in [0.717, 1.165) is 30.2 Å². The highest BCUT2D eigenvalue weighted by molar-refractivity contribution is 14.0.